The van der Waals surface area contributed by atoms with Crippen molar-refractivity contribution in [1.29, 1.82) is 0 Å². The van der Waals surface area contributed by atoms with E-state index in [-0.39, 0.29) is 5.65 Å². The highest BCUT2D eigenvalue weighted by atomic mass is 19.4. The summed E-state index contributed by atoms with van der Waals surface area (Å²) in [5, 5.41) is 3.77. The Morgan fingerprint density at radius 3 is 2.33 bits per heavy atom. The van der Waals surface area contributed by atoms with Gasteiger partial charge in [-0.3, -0.25) is 0 Å². The van der Waals surface area contributed by atoms with Gasteiger partial charge in [-0.15, -0.1) is 0 Å². The first-order chi connectivity index (χ1) is 9.86. The number of halogens is 3. The van der Waals surface area contributed by atoms with Gasteiger partial charge in [-0.1, -0.05) is 29.8 Å². The van der Waals surface area contributed by atoms with Crippen molar-refractivity contribution < 1.29 is 13.2 Å². The summed E-state index contributed by atoms with van der Waals surface area (Å²) >= 11 is 0. The van der Waals surface area contributed by atoms with E-state index in [1.54, 1.807) is 19.1 Å². The molecule has 0 spiro atoms. The molecule has 108 valence electrons. The molecule has 0 radical (unpaired) electrons. The molecular formula is C15H12F3N3. The molecule has 0 fully saturated rings. The second kappa shape index (κ2) is 4.58. The lowest BCUT2D eigenvalue weighted by Crippen LogP contribution is -2.13. The van der Waals surface area contributed by atoms with Crippen LogP contribution in [0.1, 0.15) is 16.8 Å². The molecule has 0 unspecified atom stereocenters. The van der Waals surface area contributed by atoms with Gasteiger partial charge in [0.1, 0.15) is 0 Å². The van der Waals surface area contributed by atoms with Crippen molar-refractivity contribution in [2.75, 3.05) is 0 Å². The number of nitrogens with zero attached hydrogens (tertiary/aromatic N) is 3. The van der Waals surface area contributed by atoms with Crippen molar-refractivity contribution in [2.24, 2.45) is 0 Å². The summed E-state index contributed by atoms with van der Waals surface area (Å²) in [7, 11) is 0. The maximum Gasteiger partial charge on any atom is 0.433 e. The van der Waals surface area contributed by atoms with Crippen molar-refractivity contribution in [1.82, 2.24) is 14.6 Å². The highest BCUT2D eigenvalue weighted by Gasteiger charge is 2.35. The summed E-state index contributed by atoms with van der Waals surface area (Å²) in [5.74, 6) is 0. The van der Waals surface area contributed by atoms with E-state index >= 15 is 0 Å². The minimum Gasteiger partial charge on any atom is -0.228 e. The third-order valence-corrected chi connectivity index (χ3v) is 3.29. The summed E-state index contributed by atoms with van der Waals surface area (Å²) in [5.41, 5.74) is 1.98. The van der Waals surface area contributed by atoms with E-state index in [0.717, 1.165) is 16.1 Å². The van der Waals surface area contributed by atoms with Crippen LogP contribution in [-0.2, 0) is 6.18 Å². The Kier molecular flexibility index (Phi) is 2.97. The standard InChI is InChI=1S/C15H12F3N3/c1-9-3-5-11(6-4-9)12-7-13(15(16,17)18)21-14(20-12)10(2)8-19-21/h3-8H,1-2H3. The molecule has 1 aromatic carbocycles. The van der Waals surface area contributed by atoms with Crippen LogP contribution in [0.5, 0.6) is 0 Å². The Labute approximate surface area is 119 Å². The largest absolute Gasteiger partial charge is 0.433 e. The predicted molar refractivity (Wildman–Crippen MR) is 72.9 cm³/mol. The highest BCUT2D eigenvalue weighted by molar-refractivity contribution is 5.64. The van der Waals surface area contributed by atoms with E-state index in [9.17, 15) is 13.2 Å². The number of hydrogen-bond donors (Lipinski definition) is 0. The zero-order valence-corrected chi connectivity index (χ0v) is 11.4. The van der Waals surface area contributed by atoms with E-state index in [1.165, 1.54) is 6.20 Å². The molecule has 6 heteroatoms. The third-order valence-electron chi connectivity index (χ3n) is 3.29. The van der Waals surface area contributed by atoms with Gasteiger partial charge in [0.15, 0.2) is 11.3 Å². The molecule has 3 rings (SSSR count). The average molecular weight is 291 g/mol. The Morgan fingerprint density at radius 1 is 1.05 bits per heavy atom. The van der Waals surface area contributed by atoms with Crippen LogP contribution in [0, 0.1) is 13.8 Å². The summed E-state index contributed by atoms with van der Waals surface area (Å²) in [6, 6.07) is 8.25. The summed E-state index contributed by atoms with van der Waals surface area (Å²) in [6.45, 7) is 3.61. The van der Waals surface area contributed by atoms with Crippen LogP contribution in [0.3, 0.4) is 0 Å². The average Bonchev–Trinajstić information content (AvgIpc) is 2.79. The molecule has 3 nitrogen and oxygen atoms in total. The summed E-state index contributed by atoms with van der Waals surface area (Å²) < 4.78 is 40.4. The van der Waals surface area contributed by atoms with Gasteiger partial charge < -0.3 is 0 Å². The first kappa shape index (κ1) is 13.6. The minimum absolute atomic E-state index is 0.223. The number of rotatable bonds is 1. The van der Waals surface area contributed by atoms with Gasteiger partial charge in [0.05, 0.1) is 11.9 Å². The predicted octanol–water partition coefficient (Wildman–Crippen LogP) is 4.03. The number of alkyl halides is 3. The van der Waals surface area contributed by atoms with Crippen LogP contribution in [0.2, 0.25) is 0 Å². The van der Waals surface area contributed by atoms with Gasteiger partial charge in [0.2, 0.25) is 0 Å². The molecule has 0 saturated heterocycles. The Morgan fingerprint density at radius 2 is 1.71 bits per heavy atom. The van der Waals surface area contributed by atoms with E-state index in [0.29, 0.717) is 16.8 Å². The van der Waals surface area contributed by atoms with Crippen LogP contribution in [-0.4, -0.2) is 14.6 Å². The Balaban J connectivity index is 2.29. The van der Waals surface area contributed by atoms with Crippen molar-refractivity contribution in [3.05, 3.63) is 53.3 Å². The molecular weight excluding hydrogens is 279 g/mol. The molecule has 2 heterocycles. The van der Waals surface area contributed by atoms with E-state index in [4.69, 9.17) is 0 Å². The van der Waals surface area contributed by atoms with Crippen molar-refractivity contribution >= 4 is 5.65 Å². The fourth-order valence-electron chi connectivity index (χ4n) is 2.15. The van der Waals surface area contributed by atoms with Gasteiger partial charge in [-0.2, -0.15) is 18.3 Å². The van der Waals surface area contributed by atoms with Crippen LogP contribution in [0.15, 0.2) is 36.5 Å². The molecule has 0 amide bonds. The lowest BCUT2D eigenvalue weighted by molar-refractivity contribution is -0.142. The highest BCUT2D eigenvalue weighted by Crippen LogP contribution is 2.32. The van der Waals surface area contributed by atoms with Gasteiger partial charge in [-0.05, 0) is 19.9 Å². The molecule has 0 N–H and O–H groups in total. The van der Waals surface area contributed by atoms with Crippen LogP contribution < -0.4 is 0 Å². The number of aryl methyl sites for hydroxylation is 2. The van der Waals surface area contributed by atoms with E-state index in [2.05, 4.69) is 10.1 Å². The fraction of sp³-hybridized carbons (Fsp3) is 0.200. The first-order valence-corrected chi connectivity index (χ1v) is 6.36. The Bertz CT molecular complexity index is 801. The fourth-order valence-corrected chi connectivity index (χ4v) is 2.15. The molecule has 0 aliphatic heterocycles. The number of benzene rings is 1. The molecule has 0 atom stereocenters. The molecule has 0 bridgehead atoms. The number of fused-ring (bicyclic) bond motifs is 1. The lowest BCUT2D eigenvalue weighted by Gasteiger charge is -2.11. The van der Waals surface area contributed by atoms with Crippen LogP contribution >= 0.6 is 0 Å². The van der Waals surface area contributed by atoms with Gasteiger partial charge in [0.25, 0.3) is 0 Å². The van der Waals surface area contributed by atoms with Crippen molar-refractivity contribution in [3.8, 4) is 11.3 Å². The normalized spacial score (nSPS) is 12.0. The number of hydrogen-bond acceptors (Lipinski definition) is 2. The maximum atomic E-state index is 13.2. The smallest absolute Gasteiger partial charge is 0.228 e. The lowest BCUT2D eigenvalue weighted by atomic mass is 10.1. The summed E-state index contributed by atoms with van der Waals surface area (Å²) in [4.78, 5) is 4.31. The molecule has 21 heavy (non-hydrogen) atoms. The van der Waals surface area contributed by atoms with E-state index < -0.39 is 11.9 Å². The monoisotopic (exact) mass is 291 g/mol. The second-order valence-electron chi connectivity index (χ2n) is 4.95. The topological polar surface area (TPSA) is 30.2 Å². The molecule has 0 saturated carbocycles. The van der Waals surface area contributed by atoms with Crippen LogP contribution in [0.25, 0.3) is 16.9 Å². The Hall–Kier alpha value is -2.37. The zero-order valence-electron chi connectivity index (χ0n) is 11.4. The van der Waals surface area contributed by atoms with Gasteiger partial charge in [0, 0.05) is 11.1 Å². The minimum atomic E-state index is -4.49. The molecule has 3 aromatic rings. The van der Waals surface area contributed by atoms with Crippen molar-refractivity contribution in [3.63, 3.8) is 0 Å². The molecule has 0 aliphatic rings. The molecule has 0 aliphatic carbocycles. The second-order valence-corrected chi connectivity index (χ2v) is 4.95. The van der Waals surface area contributed by atoms with Gasteiger partial charge >= 0.3 is 6.18 Å². The quantitative estimate of drug-likeness (QED) is 0.677. The SMILES string of the molecule is Cc1ccc(-c2cc(C(F)(F)F)n3ncc(C)c3n2)cc1. The van der Waals surface area contributed by atoms with Crippen LogP contribution in [0.4, 0.5) is 13.2 Å². The summed E-state index contributed by atoms with van der Waals surface area (Å²) in [6.07, 6.45) is -3.10. The maximum absolute atomic E-state index is 13.2. The van der Waals surface area contributed by atoms with Gasteiger partial charge in [-0.25, -0.2) is 9.50 Å². The van der Waals surface area contributed by atoms with E-state index in [1.807, 2.05) is 19.1 Å². The number of aromatic nitrogens is 3. The first-order valence-electron chi connectivity index (χ1n) is 6.36. The zero-order chi connectivity index (χ0) is 15.2. The van der Waals surface area contributed by atoms with Crippen molar-refractivity contribution in [2.45, 2.75) is 20.0 Å². The third kappa shape index (κ3) is 2.37. The molecule has 2 aromatic heterocycles.